The van der Waals surface area contributed by atoms with E-state index >= 15 is 0 Å². The highest BCUT2D eigenvalue weighted by atomic mass is 16.2. The van der Waals surface area contributed by atoms with E-state index in [0.717, 1.165) is 11.1 Å². The Morgan fingerprint density at radius 1 is 1.16 bits per heavy atom. The minimum absolute atomic E-state index is 0.0935. The van der Waals surface area contributed by atoms with Gasteiger partial charge < -0.3 is 0 Å². The van der Waals surface area contributed by atoms with Crippen molar-refractivity contribution in [3.8, 4) is 0 Å². The molecule has 0 fully saturated rings. The van der Waals surface area contributed by atoms with Gasteiger partial charge in [-0.05, 0) is 29.7 Å². The number of nitrogens with one attached hydrogen (secondary N) is 1. The standard InChI is InChI=1S/C15H15N3O/c19-15(7-6-13-8-10-16-11-9-13)18-17-12-14-4-2-1-3-5-14/h1-5,8-12H,6-7H2,(H,18,19). The Hall–Kier alpha value is -2.49. The molecule has 1 N–H and O–H groups in total. The first-order chi connectivity index (χ1) is 9.34. The van der Waals surface area contributed by atoms with Crippen molar-refractivity contribution in [3.63, 3.8) is 0 Å². The molecular formula is C15H15N3O. The molecule has 0 bridgehead atoms. The molecule has 0 aliphatic heterocycles. The minimum atomic E-state index is -0.0935. The van der Waals surface area contributed by atoms with Gasteiger partial charge in [-0.15, -0.1) is 0 Å². The zero-order valence-corrected chi connectivity index (χ0v) is 10.5. The fourth-order valence-corrected chi connectivity index (χ4v) is 1.58. The molecule has 0 spiro atoms. The summed E-state index contributed by atoms with van der Waals surface area (Å²) in [5, 5.41) is 3.92. The predicted octanol–water partition coefficient (Wildman–Crippen LogP) is 2.16. The lowest BCUT2D eigenvalue weighted by molar-refractivity contribution is -0.121. The number of amides is 1. The van der Waals surface area contributed by atoms with Crippen LogP contribution in [0.2, 0.25) is 0 Å². The van der Waals surface area contributed by atoms with E-state index < -0.39 is 0 Å². The average Bonchev–Trinajstić information content (AvgIpc) is 2.47. The van der Waals surface area contributed by atoms with Crippen molar-refractivity contribution in [1.82, 2.24) is 10.4 Å². The molecule has 1 aromatic heterocycles. The van der Waals surface area contributed by atoms with Crippen LogP contribution in [-0.4, -0.2) is 17.1 Å². The maximum atomic E-state index is 11.6. The van der Waals surface area contributed by atoms with Crippen LogP contribution in [0.25, 0.3) is 0 Å². The molecule has 0 aliphatic rings. The summed E-state index contributed by atoms with van der Waals surface area (Å²) in [5.74, 6) is -0.0935. The summed E-state index contributed by atoms with van der Waals surface area (Å²) in [7, 11) is 0. The Balaban J connectivity index is 1.75. The van der Waals surface area contributed by atoms with Crippen LogP contribution < -0.4 is 5.43 Å². The quantitative estimate of drug-likeness (QED) is 0.655. The molecular weight excluding hydrogens is 238 g/mol. The number of hydrogen-bond acceptors (Lipinski definition) is 3. The molecule has 4 nitrogen and oxygen atoms in total. The van der Waals surface area contributed by atoms with Crippen LogP contribution in [0.5, 0.6) is 0 Å². The number of nitrogens with zero attached hydrogens (tertiary/aromatic N) is 2. The monoisotopic (exact) mass is 253 g/mol. The van der Waals surface area contributed by atoms with E-state index in [-0.39, 0.29) is 5.91 Å². The molecule has 0 saturated heterocycles. The van der Waals surface area contributed by atoms with E-state index in [0.29, 0.717) is 12.8 Å². The Morgan fingerprint density at radius 3 is 2.63 bits per heavy atom. The van der Waals surface area contributed by atoms with Crippen molar-refractivity contribution in [3.05, 3.63) is 66.0 Å². The van der Waals surface area contributed by atoms with Crippen LogP contribution in [-0.2, 0) is 11.2 Å². The van der Waals surface area contributed by atoms with Crippen molar-refractivity contribution < 1.29 is 4.79 Å². The number of hydrogen-bond donors (Lipinski definition) is 1. The van der Waals surface area contributed by atoms with E-state index in [9.17, 15) is 4.79 Å². The van der Waals surface area contributed by atoms with Crippen LogP contribution in [0.1, 0.15) is 17.5 Å². The predicted molar refractivity (Wildman–Crippen MR) is 74.7 cm³/mol. The summed E-state index contributed by atoms with van der Waals surface area (Å²) >= 11 is 0. The van der Waals surface area contributed by atoms with Gasteiger partial charge in [0.15, 0.2) is 0 Å². The molecule has 0 unspecified atom stereocenters. The molecule has 1 aromatic carbocycles. The number of hydrazone groups is 1. The van der Waals surface area contributed by atoms with Gasteiger partial charge in [0.1, 0.15) is 0 Å². The lowest BCUT2D eigenvalue weighted by Crippen LogP contribution is -2.17. The van der Waals surface area contributed by atoms with Crippen molar-refractivity contribution in [2.45, 2.75) is 12.8 Å². The van der Waals surface area contributed by atoms with Gasteiger partial charge in [0.05, 0.1) is 6.21 Å². The molecule has 1 amide bonds. The van der Waals surface area contributed by atoms with E-state index in [4.69, 9.17) is 0 Å². The molecule has 2 aromatic rings. The largest absolute Gasteiger partial charge is 0.273 e. The minimum Gasteiger partial charge on any atom is -0.273 e. The van der Waals surface area contributed by atoms with Crippen LogP contribution >= 0.6 is 0 Å². The maximum Gasteiger partial charge on any atom is 0.240 e. The molecule has 0 aliphatic carbocycles. The van der Waals surface area contributed by atoms with Crippen molar-refractivity contribution in [2.75, 3.05) is 0 Å². The lowest BCUT2D eigenvalue weighted by atomic mass is 10.1. The highest BCUT2D eigenvalue weighted by molar-refractivity contribution is 5.82. The molecule has 4 heteroatoms. The van der Waals surface area contributed by atoms with Crippen LogP contribution in [0.3, 0.4) is 0 Å². The van der Waals surface area contributed by atoms with Gasteiger partial charge in [-0.1, -0.05) is 30.3 Å². The van der Waals surface area contributed by atoms with Crippen LogP contribution in [0, 0.1) is 0 Å². The summed E-state index contributed by atoms with van der Waals surface area (Å²) < 4.78 is 0. The summed E-state index contributed by atoms with van der Waals surface area (Å²) in [6.45, 7) is 0. The number of aryl methyl sites for hydroxylation is 1. The molecule has 2 rings (SSSR count). The van der Waals surface area contributed by atoms with Crippen molar-refractivity contribution in [1.29, 1.82) is 0 Å². The van der Waals surface area contributed by atoms with Crippen molar-refractivity contribution in [2.24, 2.45) is 5.10 Å². The Labute approximate surface area is 112 Å². The number of carbonyl (C=O) groups is 1. The zero-order valence-electron chi connectivity index (χ0n) is 10.5. The molecule has 19 heavy (non-hydrogen) atoms. The van der Waals surface area contributed by atoms with Gasteiger partial charge in [-0.2, -0.15) is 5.10 Å². The molecule has 1 heterocycles. The second-order valence-electron chi connectivity index (χ2n) is 4.06. The van der Waals surface area contributed by atoms with Gasteiger partial charge in [0, 0.05) is 18.8 Å². The third-order valence-corrected chi connectivity index (χ3v) is 2.59. The molecule has 0 saturated carbocycles. The Bertz CT molecular complexity index is 538. The van der Waals surface area contributed by atoms with E-state index in [2.05, 4.69) is 15.5 Å². The number of benzene rings is 1. The fourth-order valence-electron chi connectivity index (χ4n) is 1.58. The SMILES string of the molecule is O=C(CCc1ccncc1)NN=Cc1ccccc1. The second-order valence-corrected chi connectivity index (χ2v) is 4.06. The van der Waals surface area contributed by atoms with Gasteiger partial charge >= 0.3 is 0 Å². The van der Waals surface area contributed by atoms with Gasteiger partial charge in [0.25, 0.3) is 0 Å². The van der Waals surface area contributed by atoms with Crippen LogP contribution in [0.4, 0.5) is 0 Å². The normalized spacial score (nSPS) is 10.5. The van der Waals surface area contributed by atoms with E-state index in [1.54, 1.807) is 18.6 Å². The highest BCUT2D eigenvalue weighted by Crippen LogP contribution is 2.00. The summed E-state index contributed by atoms with van der Waals surface area (Å²) in [6.07, 6.45) is 6.18. The summed E-state index contributed by atoms with van der Waals surface area (Å²) in [4.78, 5) is 15.5. The Kier molecular flexibility index (Phi) is 4.81. The number of rotatable bonds is 5. The number of pyridine rings is 1. The zero-order chi connectivity index (χ0) is 13.3. The maximum absolute atomic E-state index is 11.6. The third kappa shape index (κ3) is 4.71. The van der Waals surface area contributed by atoms with Gasteiger partial charge in [-0.3, -0.25) is 9.78 Å². The molecule has 0 radical (unpaired) electrons. The Morgan fingerprint density at radius 2 is 1.89 bits per heavy atom. The second kappa shape index (κ2) is 7.06. The van der Waals surface area contributed by atoms with Gasteiger partial charge in [0.2, 0.25) is 5.91 Å². The summed E-state index contributed by atoms with van der Waals surface area (Å²) in [6, 6.07) is 13.4. The highest BCUT2D eigenvalue weighted by Gasteiger charge is 2.00. The lowest BCUT2D eigenvalue weighted by Gasteiger charge is -2.00. The fraction of sp³-hybridized carbons (Fsp3) is 0.133. The first-order valence-corrected chi connectivity index (χ1v) is 6.10. The smallest absolute Gasteiger partial charge is 0.240 e. The average molecular weight is 253 g/mol. The first kappa shape index (κ1) is 13.0. The van der Waals surface area contributed by atoms with E-state index in [1.807, 2.05) is 42.5 Å². The summed E-state index contributed by atoms with van der Waals surface area (Å²) in [5.41, 5.74) is 4.57. The van der Waals surface area contributed by atoms with Crippen LogP contribution in [0.15, 0.2) is 60.0 Å². The first-order valence-electron chi connectivity index (χ1n) is 6.10. The number of carbonyl (C=O) groups excluding carboxylic acids is 1. The van der Waals surface area contributed by atoms with E-state index in [1.165, 1.54) is 0 Å². The molecule has 96 valence electrons. The number of aromatic nitrogens is 1. The van der Waals surface area contributed by atoms with Crippen molar-refractivity contribution >= 4 is 12.1 Å². The van der Waals surface area contributed by atoms with Gasteiger partial charge in [-0.25, -0.2) is 5.43 Å². The molecule has 0 atom stereocenters. The topological polar surface area (TPSA) is 54.4 Å². The third-order valence-electron chi connectivity index (χ3n) is 2.59.